The number of amides is 1. The predicted molar refractivity (Wildman–Crippen MR) is 68.7 cm³/mol. The van der Waals surface area contributed by atoms with Crippen LogP contribution in [0, 0.1) is 6.92 Å². The van der Waals surface area contributed by atoms with Crippen molar-refractivity contribution in [2.45, 2.75) is 25.7 Å². The highest BCUT2D eigenvalue weighted by Crippen LogP contribution is 2.28. The quantitative estimate of drug-likeness (QED) is 0.831. The van der Waals surface area contributed by atoms with Crippen molar-refractivity contribution in [2.24, 2.45) is 5.73 Å². The van der Waals surface area contributed by atoms with Crippen LogP contribution >= 0.6 is 0 Å². The van der Waals surface area contributed by atoms with Crippen molar-refractivity contribution in [3.05, 3.63) is 29.6 Å². The molecule has 0 saturated carbocycles. The Morgan fingerprint density at radius 3 is 2.59 bits per heavy atom. The summed E-state index contributed by atoms with van der Waals surface area (Å²) in [4.78, 5) is 18.0. The van der Waals surface area contributed by atoms with E-state index >= 15 is 0 Å². The molecule has 17 heavy (non-hydrogen) atoms. The van der Waals surface area contributed by atoms with Gasteiger partial charge in [-0.3, -0.25) is 9.78 Å². The zero-order valence-electron chi connectivity index (χ0n) is 11.0. The third-order valence-corrected chi connectivity index (χ3v) is 3.11. The molecule has 2 N–H and O–H groups in total. The Kier molecular flexibility index (Phi) is 4.23. The van der Waals surface area contributed by atoms with Gasteiger partial charge in [-0.05, 0) is 45.1 Å². The van der Waals surface area contributed by atoms with Gasteiger partial charge in [0.2, 0.25) is 5.91 Å². The molecule has 0 aliphatic rings. The molecule has 1 unspecified atom stereocenters. The maximum Gasteiger partial charge on any atom is 0.229 e. The monoisotopic (exact) mass is 235 g/mol. The normalized spacial score (nSPS) is 14.6. The van der Waals surface area contributed by atoms with Crippen LogP contribution < -0.4 is 5.73 Å². The van der Waals surface area contributed by atoms with E-state index in [1.165, 1.54) is 0 Å². The second-order valence-corrected chi connectivity index (χ2v) is 4.72. The molecule has 1 aromatic rings. The second kappa shape index (κ2) is 5.27. The number of nitrogens with zero attached hydrogens (tertiary/aromatic N) is 2. The average Bonchev–Trinajstić information content (AvgIpc) is 2.25. The fourth-order valence-corrected chi connectivity index (χ4v) is 2.18. The van der Waals surface area contributed by atoms with Crippen molar-refractivity contribution in [1.29, 1.82) is 0 Å². The largest absolute Gasteiger partial charge is 0.369 e. The minimum Gasteiger partial charge on any atom is -0.369 e. The van der Waals surface area contributed by atoms with E-state index in [1.807, 2.05) is 45.0 Å². The van der Waals surface area contributed by atoms with Gasteiger partial charge in [0, 0.05) is 18.4 Å². The van der Waals surface area contributed by atoms with E-state index in [9.17, 15) is 4.79 Å². The number of pyridine rings is 1. The number of carbonyl (C=O) groups is 1. The SMILES string of the molecule is CCC(CN(C)C)(C(N)=O)c1ccnc(C)c1. The molecule has 0 spiro atoms. The number of carbonyl (C=O) groups excluding carboxylic acids is 1. The minimum absolute atomic E-state index is 0.278. The molecule has 1 amide bonds. The molecule has 0 radical (unpaired) electrons. The van der Waals surface area contributed by atoms with Crippen molar-refractivity contribution in [2.75, 3.05) is 20.6 Å². The van der Waals surface area contributed by atoms with Gasteiger partial charge in [0.05, 0.1) is 5.41 Å². The zero-order chi connectivity index (χ0) is 13.1. The summed E-state index contributed by atoms with van der Waals surface area (Å²) in [6.07, 6.45) is 2.41. The van der Waals surface area contributed by atoms with Gasteiger partial charge in [-0.15, -0.1) is 0 Å². The number of aryl methyl sites for hydroxylation is 1. The highest BCUT2D eigenvalue weighted by Gasteiger charge is 2.37. The van der Waals surface area contributed by atoms with E-state index in [2.05, 4.69) is 4.98 Å². The Morgan fingerprint density at radius 2 is 2.18 bits per heavy atom. The summed E-state index contributed by atoms with van der Waals surface area (Å²) < 4.78 is 0. The molecule has 0 fully saturated rings. The Hall–Kier alpha value is -1.42. The van der Waals surface area contributed by atoms with E-state index in [1.54, 1.807) is 6.20 Å². The summed E-state index contributed by atoms with van der Waals surface area (Å²) in [5.41, 5.74) is 6.85. The molecule has 1 rings (SSSR count). The lowest BCUT2D eigenvalue weighted by molar-refractivity contribution is -0.124. The first-order valence-electron chi connectivity index (χ1n) is 5.80. The maximum atomic E-state index is 11.9. The molecule has 1 aromatic heterocycles. The fourth-order valence-electron chi connectivity index (χ4n) is 2.18. The van der Waals surface area contributed by atoms with Crippen LogP contribution in [-0.4, -0.2) is 36.4 Å². The molecule has 4 heteroatoms. The fraction of sp³-hybridized carbons (Fsp3) is 0.538. The van der Waals surface area contributed by atoms with Crippen molar-refractivity contribution in [1.82, 2.24) is 9.88 Å². The summed E-state index contributed by atoms with van der Waals surface area (Å²) >= 11 is 0. The second-order valence-electron chi connectivity index (χ2n) is 4.72. The molecule has 94 valence electrons. The molecule has 0 bridgehead atoms. The molecule has 4 nitrogen and oxygen atoms in total. The lowest BCUT2D eigenvalue weighted by atomic mass is 9.77. The highest BCUT2D eigenvalue weighted by atomic mass is 16.1. The summed E-state index contributed by atoms with van der Waals surface area (Å²) in [7, 11) is 3.89. The standard InChI is InChI=1S/C13H21N3O/c1-5-13(12(14)17,9-16(3)4)11-6-7-15-10(2)8-11/h6-8H,5,9H2,1-4H3,(H2,14,17). The summed E-state index contributed by atoms with van der Waals surface area (Å²) in [5.74, 6) is -0.278. The molecule has 1 heterocycles. The molecule has 0 saturated heterocycles. The van der Waals surface area contributed by atoms with Crippen LogP contribution in [0.1, 0.15) is 24.6 Å². The number of likely N-dealkylation sites (N-methyl/N-ethyl adjacent to an activating group) is 1. The van der Waals surface area contributed by atoms with Crippen LogP contribution in [-0.2, 0) is 10.2 Å². The van der Waals surface area contributed by atoms with Crippen LogP contribution in [0.5, 0.6) is 0 Å². The molecule has 0 aromatic carbocycles. The Balaban J connectivity index is 3.26. The number of hydrogen-bond donors (Lipinski definition) is 1. The first-order valence-corrected chi connectivity index (χ1v) is 5.80. The van der Waals surface area contributed by atoms with Gasteiger partial charge in [0.15, 0.2) is 0 Å². The topological polar surface area (TPSA) is 59.2 Å². The van der Waals surface area contributed by atoms with E-state index in [4.69, 9.17) is 5.73 Å². The van der Waals surface area contributed by atoms with Gasteiger partial charge in [-0.2, -0.15) is 0 Å². The zero-order valence-corrected chi connectivity index (χ0v) is 11.0. The van der Waals surface area contributed by atoms with Crippen molar-refractivity contribution in [3.63, 3.8) is 0 Å². The minimum atomic E-state index is -0.628. The van der Waals surface area contributed by atoms with Crippen LogP contribution in [0.4, 0.5) is 0 Å². The van der Waals surface area contributed by atoms with Crippen molar-refractivity contribution >= 4 is 5.91 Å². The molecule has 0 aliphatic heterocycles. The van der Waals surface area contributed by atoms with Crippen LogP contribution in [0.15, 0.2) is 18.3 Å². The van der Waals surface area contributed by atoms with E-state index < -0.39 is 5.41 Å². The van der Waals surface area contributed by atoms with Crippen molar-refractivity contribution < 1.29 is 4.79 Å². The Labute approximate surface area is 103 Å². The third kappa shape index (κ3) is 2.82. The maximum absolute atomic E-state index is 11.9. The van der Waals surface area contributed by atoms with E-state index in [0.29, 0.717) is 13.0 Å². The number of hydrogen-bond acceptors (Lipinski definition) is 3. The summed E-state index contributed by atoms with van der Waals surface area (Å²) in [5, 5.41) is 0. The number of primary amides is 1. The summed E-state index contributed by atoms with van der Waals surface area (Å²) in [6, 6.07) is 3.82. The Bertz CT molecular complexity index is 403. The van der Waals surface area contributed by atoms with Gasteiger partial charge in [-0.1, -0.05) is 6.92 Å². The average molecular weight is 235 g/mol. The van der Waals surface area contributed by atoms with E-state index in [-0.39, 0.29) is 5.91 Å². The predicted octanol–water partition coefficient (Wildman–Crippen LogP) is 1.08. The van der Waals surface area contributed by atoms with Crippen molar-refractivity contribution in [3.8, 4) is 0 Å². The lowest BCUT2D eigenvalue weighted by Crippen LogP contribution is -2.48. The molecule has 0 aliphatic carbocycles. The summed E-state index contributed by atoms with van der Waals surface area (Å²) in [6.45, 7) is 4.52. The molecular formula is C13H21N3O. The smallest absolute Gasteiger partial charge is 0.229 e. The molecule has 1 atom stereocenters. The first-order chi connectivity index (χ1) is 7.92. The molecular weight excluding hydrogens is 214 g/mol. The lowest BCUT2D eigenvalue weighted by Gasteiger charge is -2.32. The van der Waals surface area contributed by atoms with E-state index in [0.717, 1.165) is 11.3 Å². The van der Waals surface area contributed by atoms with Gasteiger partial charge >= 0.3 is 0 Å². The van der Waals surface area contributed by atoms with Gasteiger partial charge in [0.1, 0.15) is 0 Å². The number of nitrogens with two attached hydrogens (primary N) is 1. The van der Waals surface area contributed by atoms with Gasteiger partial charge in [0.25, 0.3) is 0 Å². The van der Waals surface area contributed by atoms with Crippen LogP contribution in [0.3, 0.4) is 0 Å². The highest BCUT2D eigenvalue weighted by molar-refractivity contribution is 5.87. The van der Waals surface area contributed by atoms with Crippen LogP contribution in [0.25, 0.3) is 0 Å². The third-order valence-electron chi connectivity index (χ3n) is 3.11. The number of aromatic nitrogens is 1. The number of rotatable bonds is 5. The van der Waals surface area contributed by atoms with Crippen LogP contribution in [0.2, 0.25) is 0 Å². The van der Waals surface area contributed by atoms with Gasteiger partial charge < -0.3 is 10.6 Å². The first kappa shape index (κ1) is 13.6. The van der Waals surface area contributed by atoms with Gasteiger partial charge in [-0.25, -0.2) is 0 Å². The Morgan fingerprint density at radius 1 is 1.53 bits per heavy atom.